The average molecular weight is 181 g/mol. The lowest BCUT2D eigenvalue weighted by Gasteiger charge is -2.22. The number of nitrogens with one attached hydrogen (secondary N) is 1. The Bertz CT molecular complexity index is 299. The quantitative estimate of drug-likeness (QED) is 0.700. The van der Waals surface area contributed by atoms with Gasteiger partial charge in [0, 0.05) is 11.2 Å². The number of anilines is 1. The summed E-state index contributed by atoms with van der Waals surface area (Å²) < 4.78 is 13.1. The van der Waals surface area contributed by atoms with E-state index in [2.05, 4.69) is 5.32 Å². The van der Waals surface area contributed by atoms with E-state index in [1.54, 1.807) is 13.0 Å². The van der Waals surface area contributed by atoms with Gasteiger partial charge in [-0.2, -0.15) is 0 Å². The molecule has 0 radical (unpaired) electrons. The Kier molecular flexibility index (Phi) is 2.60. The smallest absolute Gasteiger partial charge is 0.128 e. The third-order valence-electron chi connectivity index (χ3n) is 1.69. The molecule has 0 amide bonds. The molecule has 0 saturated heterocycles. The highest BCUT2D eigenvalue weighted by Gasteiger charge is 2.09. The third-order valence-corrected chi connectivity index (χ3v) is 1.69. The third kappa shape index (κ3) is 3.05. The summed E-state index contributed by atoms with van der Waals surface area (Å²) in [6.07, 6.45) is 0. The zero-order valence-electron chi connectivity index (χ0n) is 8.61. The second kappa shape index (κ2) is 3.36. The molecule has 0 aromatic heterocycles. The van der Waals surface area contributed by atoms with Crippen molar-refractivity contribution < 1.29 is 4.39 Å². The average Bonchev–Trinajstić information content (AvgIpc) is 1.94. The zero-order chi connectivity index (χ0) is 10.1. The van der Waals surface area contributed by atoms with Crippen LogP contribution in [-0.2, 0) is 0 Å². The van der Waals surface area contributed by atoms with Gasteiger partial charge in [0.1, 0.15) is 5.82 Å². The molecule has 0 unspecified atom stereocenters. The second-order valence-electron chi connectivity index (χ2n) is 4.34. The summed E-state index contributed by atoms with van der Waals surface area (Å²) in [4.78, 5) is 0. The van der Waals surface area contributed by atoms with E-state index in [1.165, 1.54) is 6.07 Å². The topological polar surface area (TPSA) is 12.0 Å². The minimum atomic E-state index is -0.158. The number of rotatable bonds is 1. The number of hydrogen-bond acceptors (Lipinski definition) is 1. The fourth-order valence-electron chi connectivity index (χ4n) is 1.10. The number of halogens is 1. The molecule has 13 heavy (non-hydrogen) atoms. The maximum atomic E-state index is 13.1. The largest absolute Gasteiger partial charge is 0.380 e. The van der Waals surface area contributed by atoms with Gasteiger partial charge in [0.15, 0.2) is 0 Å². The maximum absolute atomic E-state index is 13.1. The van der Waals surface area contributed by atoms with Crippen molar-refractivity contribution in [2.24, 2.45) is 0 Å². The number of hydrogen-bond donors (Lipinski definition) is 1. The van der Waals surface area contributed by atoms with Crippen molar-refractivity contribution in [1.29, 1.82) is 0 Å². The first-order chi connectivity index (χ1) is 5.88. The molecule has 1 N–H and O–H groups in total. The van der Waals surface area contributed by atoms with Gasteiger partial charge in [0.25, 0.3) is 0 Å². The zero-order valence-corrected chi connectivity index (χ0v) is 8.61. The van der Waals surface area contributed by atoms with Crippen LogP contribution in [0.4, 0.5) is 10.1 Å². The van der Waals surface area contributed by atoms with Crippen LogP contribution in [0.3, 0.4) is 0 Å². The van der Waals surface area contributed by atoms with Crippen molar-refractivity contribution in [1.82, 2.24) is 0 Å². The SMILES string of the molecule is Cc1ccc(NC(C)(C)C)cc1F. The molecule has 1 rings (SSSR count). The van der Waals surface area contributed by atoms with E-state index in [-0.39, 0.29) is 11.4 Å². The second-order valence-corrected chi connectivity index (χ2v) is 4.34. The first-order valence-electron chi connectivity index (χ1n) is 4.43. The van der Waals surface area contributed by atoms with Crippen molar-refractivity contribution in [3.05, 3.63) is 29.6 Å². The van der Waals surface area contributed by atoms with E-state index in [9.17, 15) is 4.39 Å². The predicted octanol–water partition coefficient (Wildman–Crippen LogP) is 3.34. The molecule has 0 spiro atoms. The van der Waals surface area contributed by atoms with E-state index in [0.717, 1.165) is 5.69 Å². The van der Waals surface area contributed by atoms with E-state index >= 15 is 0 Å². The van der Waals surface area contributed by atoms with Crippen molar-refractivity contribution in [3.63, 3.8) is 0 Å². The van der Waals surface area contributed by atoms with Crippen LogP contribution in [0, 0.1) is 12.7 Å². The first-order valence-corrected chi connectivity index (χ1v) is 4.43. The van der Waals surface area contributed by atoms with E-state index in [1.807, 2.05) is 26.8 Å². The van der Waals surface area contributed by atoms with Crippen molar-refractivity contribution in [3.8, 4) is 0 Å². The van der Waals surface area contributed by atoms with Crippen molar-refractivity contribution in [2.45, 2.75) is 33.2 Å². The van der Waals surface area contributed by atoms with Crippen LogP contribution in [0.5, 0.6) is 0 Å². The Morgan fingerprint density at radius 3 is 2.31 bits per heavy atom. The summed E-state index contributed by atoms with van der Waals surface area (Å²) >= 11 is 0. The summed E-state index contributed by atoms with van der Waals surface area (Å²) in [5, 5.41) is 3.21. The molecule has 1 aromatic carbocycles. The molecular formula is C11H16FN. The van der Waals surface area contributed by atoms with E-state index in [4.69, 9.17) is 0 Å². The van der Waals surface area contributed by atoms with Crippen molar-refractivity contribution >= 4 is 5.69 Å². The molecule has 0 fully saturated rings. The van der Waals surface area contributed by atoms with Crippen LogP contribution < -0.4 is 5.32 Å². The normalized spacial score (nSPS) is 11.5. The van der Waals surface area contributed by atoms with Gasteiger partial charge in [-0.1, -0.05) is 6.07 Å². The van der Waals surface area contributed by atoms with Gasteiger partial charge in [0.2, 0.25) is 0 Å². The molecule has 0 heterocycles. The molecule has 0 bridgehead atoms. The summed E-state index contributed by atoms with van der Waals surface area (Å²) in [5.41, 5.74) is 1.48. The molecule has 0 saturated carbocycles. The molecule has 72 valence electrons. The minimum absolute atomic E-state index is 0.0261. The Balaban J connectivity index is 2.86. The Morgan fingerprint density at radius 1 is 1.23 bits per heavy atom. The van der Waals surface area contributed by atoms with Gasteiger partial charge in [-0.3, -0.25) is 0 Å². The van der Waals surface area contributed by atoms with Gasteiger partial charge in [-0.25, -0.2) is 4.39 Å². The molecule has 0 atom stereocenters. The Morgan fingerprint density at radius 2 is 1.85 bits per heavy atom. The van der Waals surface area contributed by atoms with Gasteiger partial charge >= 0.3 is 0 Å². The van der Waals surface area contributed by atoms with Crippen LogP contribution >= 0.6 is 0 Å². The lowest BCUT2D eigenvalue weighted by atomic mass is 10.1. The monoisotopic (exact) mass is 181 g/mol. The van der Waals surface area contributed by atoms with Crippen LogP contribution in [-0.4, -0.2) is 5.54 Å². The summed E-state index contributed by atoms with van der Waals surface area (Å²) in [5.74, 6) is -0.158. The molecule has 2 heteroatoms. The lowest BCUT2D eigenvalue weighted by molar-refractivity contribution is 0.612. The fraction of sp³-hybridized carbons (Fsp3) is 0.455. The highest BCUT2D eigenvalue weighted by Crippen LogP contribution is 2.17. The Labute approximate surface area is 79.0 Å². The van der Waals surface area contributed by atoms with Crippen LogP contribution in [0.1, 0.15) is 26.3 Å². The van der Waals surface area contributed by atoms with Gasteiger partial charge in [-0.15, -0.1) is 0 Å². The maximum Gasteiger partial charge on any atom is 0.128 e. The molecule has 1 aromatic rings. The number of aryl methyl sites for hydroxylation is 1. The van der Waals surface area contributed by atoms with Crippen LogP contribution in [0.15, 0.2) is 18.2 Å². The molecular weight excluding hydrogens is 165 g/mol. The van der Waals surface area contributed by atoms with E-state index in [0.29, 0.717) is 5.56 Å². The van der Waals surface area contributed by atoms with Gasteiger partial charge < -0.3 is 5.32 Å². The Hall–Kier alpha value is -1.05. The van der Waals surface area contributed by atoms with Crippen LogP contribution in [0.2, 0.25) is 0 Å². The first kappa shape index (κ1) is 10.0. The number of benzene rings is 1. The lowest BCUT2D eigenvalue weighted by Crippen LogP contribution is -2.26. The van der Waals surface area contributed by atoms with Gasteiger partial charge in [0.05, 0.1) is 0 Å². The summed E-state index contributed by atoms with van der Waals surface area (Å²) in [6, 6.07) is 5.20. The summed E-state index contributed by atoms with van der Waals surface area (Å²) in [7, 11) is 0. The fourth-order valence-corrected chi connectivity index (χ4v) is 1.10. The highest BCUT2D eigenvalue weighted by atomic mass is 19.1. The van der Waals surface area contributed by atoms with Crippen molar-refractivity contribution in [2.75, 3.05) is 5.32 Å². The van der Waals surface area contributed by atoms with E-state index < -0.39 is 0 Å². The molecule has 0 aliphatic rings. The summed E-state index contributed by atoms with van der Waals surface area (Å²) in [6.45, 7) is 7.90. The van der Waals surface area contributed by atoms with Crippen LogP contribution in [0.25, 0.3) is 0 Å². The molecule has 1 nitrogen and oxygen atoms in total. The minimum Gasteiger partial charge on any atom is -0.380 e. The molecule has 0 aliphatic carbocycles. The highest BCUT2D eigenvalue weighted by molar-refractivity contribution is 5.46. The standard InChI is InChI=1S/C11H16FN/c1-8-5-6-9(7-10(8)12)13-11(2,3)4/h5-7,13H,1-4H3. The van der Waals surface area contributed by atoms with Gasteiger partial charge in [-0.05, 0) is 45.4 Å². The molecule has 0 aliphatic heterocycles. The predicted molar refractivity (Wildman–Crippen MR) is 54.5 cm³/mol.